The van der Waals surface area contributed by atoms with Gasteiger partial charge in [0, 0.05) is 56.4 Å². The molecule has 0 aliphatic heterocycles. The zero-order valence-corrected chi connectivity index (χ0v) is 53.9. The molecule has 0 saturated carbocycles. The number of hydrogen-bond acceptors (Lipinski definition) is 12. The van der Waals surface area contributed by atoms with Crippen LogP contribution in [0.15, 0.2) is 194 Å². The molecule has 490 valence electrons. The van der Waals surface area contributed by atoms with Crippen molar-refractivity contribution in [1.29, 1.82) is 0 Å². The number of carbonyl (C=O) groups excluding carboxylic acids is 9. The summed E-state index contributed by atoms with van der Waals surface area (Å²) in [6.07, 6.45) is 1.33. The standard InChI is InChI=1S/C74H82N8O12/c1-47(75-65(83)30-20-29-51-31-33-56(34-32-51)66(57-35-39-59(92-5)40-36-57)58-37-41-60(93-6)42-38-58)67(84)79-61(43-52-21-12-8-13-22-52)71(88)76-48(2)68(85)80-62(44-53-23-14-9-15-24-53)72(89)77-49(3)69(86)81-63(45-54-25-16-10-17-26-54)73(90)78-50(4)70(87)82-64(74(91)94-7)46-55-27-18-11-19-28-55/h8-19,21-28,31-42,47-50,61-64H,20,29-30,43-46H2,1-7H3,(H7-,75,76,77,78,79,80,81,82,83,84,85,86,87,88,89,90)/p+1/t47-,48-,49-,50-,61-,62-,63-,64-/m0/s1. The van der Waals surface area contributed by atoms with Crippen molar-refractivity contribution in [3.05, 3.63) is 245 Å². The molecule has 8 N–H and O–H groups in total. The van der Waals surface area contributed by atoms with Crippen molar-refractivity contribution in [2.75, 3.05) is 21.3 Å². The number of nitrogens with one attached hydrogen (secondary N) is 8. The summed E-state index contributed by atoms with van der Waals surface area (Å²) in [6.45, 7) is 5.78. The lowest BCUT2D eigenvalue weighted by Crippen LogP contribution is -2.60. The predicted octanol–water partition coefficient (Wildman–Crippen LogP) is 6.15. The molecule has 0 saturated heterocycles. The van der Waals surface area contributed by atoms with Gasteiger partial charge in [-0.15, -0.1) is 0 Å². The van der Waals surface area contributed by atoms with Gasteiger partial charge in [0.25, 0.3) is 0 Å². The van der Waals surface area contributed by atoms with E-state index in [0.717, 1.165) is 45.2 Å². The molecule has 8 atom stereocenters. The number of esters is 1. The Labute approximate surface area is 549 Å². The SMILES string of the molecule is COC(=O)[C@H](Cc1ccccc1)NC(=O)[C@H](C)NC(=O)[C@H](Cc1ccccc1)NC(=O)[C@H](C)NC(=O)[C@H](Cc1ccccc1)NC(=O)[C@H](C)NC(=O)[C@H](Cc1ccccc1)NC(=O)[C@H](C)NC(=O)CCCc1ccc([C+](c2ccc(OC)cc2)c2ccc(OC)cc2)cc1. The first-order chi connectivity index (χ1) is 45.3. The van der Waals surface area contributed by atoms with Gasteiger partial charge >= 0.3 is 5.97 Å². The summed E-state index contributed by atoms with van der Waals surface area (Å²) in [5.74, 6) is -3.56. The van der Waals surface area contributed by atoms with Crippen molar-refractivity contribution in [1.82, 2.24) is 42.5 Å². The molecule has 7 rings (SSSR count). The smallest absolute Gasteiger partial charge is 0.328 e. The first kappa shape index (κ1) is 70.7. The summed E-state index contributed by atoms with van der Waals surface area (Å²) in [5, 5.41) is 21.6. The van der Waals surface area contributed by atoms with Gasteiger partial charge < -0.3 is 56.7 Å². The maximum atomic E-state index is 14.3. The Balaban J connectivity index is 0.944. The van der Waals surface area contributed by atoms with E-state index >= 15 is 0 Å². The summed E-state index contributed by atoms with van der Waals surface area (Å²) in [4.78, 5) is 124. The number of amides is 8. The molecule has 20 nitrogen and oxygen atoms in total. The van der Waals surface area contributed by atoms with Crippen molar-refractivity contribution in [3.8, 4) is 11.5 Å². The normalized spacial score (nSPS) is 13.4. The van der Waals surface area contributed by atoms with Gasteiger partial charge in [-0.3, -0.25) is 38.4 Å². The fourth-order valence-corrected chi connectivity index (χ4v) is 10.4. The van der Waals surface area contributed by atoms with E-state index in [9.17, 15) is 43.2 Å². The van der Waals surface area contributed by atoms with Gasteiger partial charge in [-0.1, -0.05) is 121 Å². The molecule has 0 aliphatic rings. The van der Waals surface area contributed by atoms with Crippen LogP contribution in [0, 0.1) is 5.92 Å². The Morgan fingerprint density at radius 3 is 0.926 bits per heavy atom. The quantitative estimate of drug-likeness (QED) is 0.0131. The largest absolute Gasteiger partial charge is 0.496 e. The second-order valence-corrected chi connectivity index (χ2v) is 22.9. The van der Waals surface area contributed by atoms with E-state index in [0.29, 0.717) is 29.5 Å². The molecule has 0 radical (unpaired) electrons. The van der Waals surface area contributed by atoms with Crippen LogP contribution in [-0.2, 0) is 80.0 Å². The van der Waals surface area contributed by atoms with Crippen LogP contribution in [0.4, 0.5) is 0 Å². The van der Waals surface area contributed by atoms with Crippen LogP contribution in [0.3, 0.4) is 0 Å². The van der Waals surface area contributed by atoms with Gasteiger partial charge in [-0.05, 0) is 117 Å². The van der Waals surface area contributed by atoms with Crippen LogP contribution in [0.1, 0.15) is 85.0 Å². The molecule has 0 unspecified atom stereocenters. The van der Waals surface area contributed by atoms with E-state index in [1.807, 2.05) is 66.7 Å². The average Bonchev–Trinajstić information content (AvgIpc) is 0.873. The highest BCUT2D eigenvalue weighted by Gasteiger charge is 2.33. The van der Waals surface area contributed by atoms with Gasteiger partial charge in [0.1, 0.15) is 59.8 Å². The topological polar surface area (TPSA) is 278 Å². The highest BCUT2D eigenvalue weighted by atomic mass is 16.5. The molecule has 0 bridgehead atoms. The van der Waals surface area contributed by atoms with Crippen molar-refractivity contribution < 1.29 is 57.4 Å². The van der Waals surface area contributed by atoms with E-state index in [1.165, 1.54) is 34.8 Å². The lowest BCUT2D eigenvalue weighted by molar-refractivity contribution is -0.145. The van der Waals surface area contributed by atoms with Crippen molar-refractivity contribution in [2.45, 2.75) is 121 Å². The van der Waals surface area contributed by atoms with E-state index in [-0.39, 0.29) is 38.0 Å². The molecule has 0 aromatic heterocycles. The van der Waals surface area contributed by atoms with E-state index in [2.05, 4.69) is 54.7 Å². The second kappa shape index (κ2) is 35.7. The lowest BCUT2D eigenvalue weighted by atomic mass is 9.84. The lowest BCUT2D eigenvalue weighted by Gasteiger charge is -2.26. The van der Waals surface area contributed by atoms with Crippen molar-refractivity contribution in [2.24, 2.45) is 0 Å². The Morgan fingerprint density at radius 2 is 0.617 bits per heavy atom. The van der Waals surface area contributed by atoms with Crippen LogP contribution < -0.4 is 52.0 Å². The monoisotopic (exact) mass is 1280 g/mol. The van der Waals surface area contributed by atoms with Crippen LogP contribution in [0.25, 0.3) is 0 Å². The zero-order chi connectivity index (χ0) is 67.5. The number of aryl methyl sites for hydroxylation is 1. The van der Waals surface area contributed by atoms with Crippen LogP contribution in [0.5, 0.6) is 11.5 Å². The molecular weight excluding hydrogens is 1190 g/mol. The maximum Gasteiger partial charge on any atom is 0.328 e. The Morgan fingerprint density at radius 1 is 0.330 bits per heavy atom. The van der Waals surface area contributed by atoms with Gasteiger partial charge in [0.15, 0.2) is 0 Å². The average molecular weight is 1280 g/mol. The zero-order valence-electron chi connectivity index (χ0n) is 53.9. The highest BCUT2D eigenvalue weighted by Crippen LogP contribution is 2.33. The fraction of sp³-hybridized carbons (Fsp3) is 0.297. The second-order valence-electron chi connectivity index (χ2n) is 22.9. The summed E-state index contributed by atoms with van der Waals surface area (Å²) in [7, 11) is 4.46. The highest BCUT2D eigenvalue weighted by molar-refractivity contribution is 5.98. The summed E-state index contributed by atoms with van der Waals surface area (Å²) < 4.78 is 15.7. The number of benzene rings is 7. The molecule has 8 amide bonds. The van der Waals surface area contributed by atoms with Crippen molar-refractivity contribution in [3.63, 3.8) is 0 Å². The van der Waals surface area contributed by atoms with Gasteiger partial charge in [-0.2, -0.15) is 0 Å². The molecule has 0 aliphatic carbocycles. The van der Waals surface area contributed by atoms with E-state index < -0.39 is 95.7 Å². The Hall–Kier alpha value is -10.8. The summed E-state index contributed by atoms with van der Waals surface area (Å²) in [5.41, 5.74) is 6.83. The Bertz CT molecular complexity index is 3570. The molecule has 0 spiro atoms. The predicted molar refractivity (Wildman–Crippen MR) is 357 cm³/mol. The van der Waals surface area contributed by atoms with E-state index in [1.54, 1.807) is 129 Å². The fourth-order valence-electron chi connectivity index (χ4n) is 10.4. The first-order valence-corrected chi connectivity index (χ1v) is 31.2. The van der Waals surface area contributed by atoms with E-state index in [4.69, 9.17) is 14.2 Å². The minimum Gasteiger partial charge on any atom is -0.496 e. The van der Waals surface area contributed by atoms with Crippen LogP contribution >= 0.6 is 0 Å². The third kappa shape index (κ3) is 21.7. The molecule has 20 heteroatoms. The molecule has 7 aromatic carbocycles. The van der Waals surface area contributed by atoms with Crippen LogP contribution in [0.2, 0.25) is 0 Å². The summed E-state index contributed by atoms with van der Waals surface area (Å²) >= 11 is 0. The number of carbonyl (C=O) groups is 9. The summed E-state index contributed by atoms with van der Waals surface area (Å²) in [6, 6.07) is 50.0. The van der Waals surface area contributed by atoms with Gasteiger partial charge in [0.2, 0.25) is 47.3 Å². The Kier molecular flexibility index (Phi) is 26.9. The molecule has 0 heterocycles. The molecular formula is C74H83N8O12+. The number of methoxy groups -OCH3 is 3. The third-order valence-corrected chi connectivity index (χ3v) is 15.7. The minimum atomic E-state index is -1.29. The minimum absolute atomic E-state index is 0.00640. The molecule has 94 heavy (non-hydrogen) atoms. The molecule has 0 fully saturated rings. The maximum absolute atomic E-state index is 14.3. The number of hydrogen-bond donors (Lipinski definition) is 8. The van der Waals surface area contributed by atoms with Crippen molar-refractivity contribution >= 4 is 53.2 Å². The van der Waals surface area contributed by atoms with Gasteiger partial charge in [-0.25, -0.2) is 4.79 Å². The van der Waals surface area contributed by atoms with Gasteiger partial charge in [0.05, 0.1) is 43.9 Å². The van der Waals surface area contributed by atoms with Crippen LogP contribution in [-0.4, -0.2) is 123 Å². The number of rotatable bonds is 33. The first-order valence-electron chi connectivity index (χ1n) is 31.2. The molecule has 7 aromatic rings. The third-order valence-electron chi connectivity index (χ3n) is 15.7. The number of ether oxygens (including phenoxy) is 3.